The summed E-state index contributed by atoms with van der Waals surface area (Å²) in [6.45, 7) is 4.56. The number of ether oxygens (including phenoxy) is 2. The Bertz CT molecular complexity index is 466. The highest BCUT2D eigenvalue weighted by Crippen LogP contribution is 2.48. The quantitative estimate of drug-likeness (QED) is 0.838. The second-order valence-corrected chi connectivity index (χ2v) is 6.08. The van der Waals surface area contributed by atoms with Crippen LogP contribution in [0.15, 0.2) is 30.3 Å². The summed E-state index contributed by atoms with van der Waals surface area (Å²) < 4.78 is 10.5. The van der Waals surface area contributed by atoms with Crippen LogP contribution >= 0.6 is 0 Å². The third-order valence-electron chi connectivity index (χ3n) is 4.57. The minimum absolute atomic E-state index is 0.0741. The Morgan fingerprint density at radius 1 is 1.00 bits per heavy atom. The van der Waals surface area contributed by atoms with Crippen LogP contribution in [0.2, 0.25) is 0 Å². The van der Waals surface area contributed by atoms with E-state index in [1.54, 1.807) is 14.2 Å². The molecule has 1 aliphatic rings. The van der Waals surface area contributed by atoms with Gasteiger partial charge in [-0.25, -0.2) is 0 Å². The lowest BCUT2D eigenvalue weighted by Gasteiger charge is -2.31. The standard InChI is InChI=1S/C17H24O4.C2H6/c1-20-12-17(13-21-2)9-8-16(11-18,15(17)19)10-14-6-4-3-5-7-14;1-2/h3-7,18H,8-13H2,1-2H3;1-2H3. The van der Waals surface area contributed by atoms with Crippen molar-refractivity contribution in [3.05, 3.63) is 35.9 Å². The van der Waals surface area contributed by atoms with E-state index in [0.29, 0.717) is 32.5 Å². The average Bonchev–Trinajstić information content (AvgIpc) is 2.85. The van der Waals surface area contributed by atoms with E-state index in [4.69, 9.17) is 9.47 Å². The van der Waals surface area contributed by atoms with Crippen molar-refractivity contribution < 1.29 is 19.4 Å². The molecule has 0 heterocycles. The monoisotopic (exact) mass is 322 g/mol. The minimum Gasteiger partial charge on any atom is -0.395 e. The van der Waals surface area contributed by atoms with Crippen LogP contribution in [0.1, 0.15) is 32.3 Å². The molecule has 0 spiro atoms. The highest BCUT2D eigenvalue weighted by Gasteiger charge is 2.56. The number of Topliss-reactive ketones (excluding diaryl/α,β-unsaturated/α-hetero) is 1. The van der Waals surface area contributed by atoms with E-state index in [1.807, 2.05) is 44.2 Å². The number of hydrogen-bond donors (Lipinski definition) is 1. The second-order valence-electron chi connectivity index (χ2n) is 6.08. The number of benzene rings is 1. The van der Waals surface area contributed by atoms with Crippen LogP contribution in [0, 0.1) is 10.8 Å². The predicted molar refractivity (Wildman–Crippen MR) is 91.4 cm³/mol. The van der Waals surface area contributed by atoms with Crippen molar-refractivity contribution in [2.45, 2.75) is 33.1 Å². The van der Waals surface area contributed by atoms with E-state index in [0.717, 1.165) is 5.56 Å². The van der Waals surface area contributed by atoms with E-state index in [2.05, 4.69) is 0 Å². The van der Waals surface area contributed by atoms with Crippen molar-refractivity contribution in [2.75, 3.05) is 34.0 Å². The topological polar surface area (TPSA) is 55.8 Å². The fourth-order valence-corrected chi connectivity index (χ4v) is 3.50. The number of carbonyl (C=O) groups is 1. The molecule has 1 atom stereocenters. The summed E-state index contributed by atoms with van der Waals surface area (Å²) in [5.41, 5.74) is -0.259. The molecule has 1 N–H and O–H groups in total. The third kappa shape index (κ3) is 4.19. The third-order valence-corrected chi connectivity index (χ3v) is 4.57. The van der Waals surface area contributed by atoms with Gasteiger partial charge in [-0.05, 0) is 24.8 Å². The lowest BCUT2D eigenvalue weighted by atomic mass is 9.75. The zero-order chi connectivity index (χ0) is 17.3. The largest absolute Gasteiger partial charge is 0.395 e. The molecule has 1 saturated carbocycles. The van der Waals surface area contributed by atoms with Crippen molar-refractivity contribution >= 4 is 5.78 Å². The number of aliphatic hydroxyl groups excluding tert-OH is 1. The molecule has 1 unspecified atom stereocenters. The summed E-state index contributed by atoms with van der Waals surface area (Å²) in [7, 11) is 3.20. The molecular formula is C19H30O4. The Labute approximate surface area is 139 Å². The van der Waals surface area contributed by atoms with E-state index >= 15 is 0 Å². The molecule has 0 amide bonds. The van der Waals surface area contributed by atoms with Gasteiger partial charge in [0.25, 0.3) is 0 Å². The molecule has 23 heavy (non-hydrogen) atoms. The van der Waals surface area contributed by atoms with Crippen LogP contribution in [0.3, 0.4) is 0 Å². The predicted octanol–water partition coefficient (Wildman–Crippen LogP) is 2.88. The van der Waals surface area contributed by atoms with E-state index in [9.17, 15) is 9.90 Å². The van der Waals surface area contributed by atoms with Gasteiger partial charge in [0, 0.05) is 14.2 Å². The van der Waals surface area contributed by atoms with Gasteiger partial charge in [0.05, 0.1) is 30.7 Å². The van der Waals surface area contributed by atoms with Gasteiger partial charge in [0.15, 0.2) is 5.78 Å². The van der Waals surface area contributed by atoms with E-state index in [1.165, 1.54) is 0 Å². The summed E-state index contributed by atoms with van der Waals surface area (Å²) in [5, 5.41) is 9.91. The Kier molecular flexibility index (Phi) is 7.89. The van der Waals surface area contributed by atoms with Gasteiger partial charge in [0.2, 0.25) is 0 Å². The smallest absolute Gasteiger partial charge is 0.152 e. The maximum Gasteiger partial charge on any atom is 0.152 e. The molecule has 0 aliphatic heterocycles. The number of ketones is 1. The number of aliphatic hydroxyl groups is 1. The molecule has 1 aliphatic carbocycles. The minimum atomic E-state index is -0.710. The zero-order valence-electron chi connectivity index (χ0n) is 14.8. The maximum absolute atomic E-state index is 13.0. The first-order chi connectivity index (χ1) is 11.1. The van der Waals surface area contributed by atoms with Crippen LogP contribution < -0.4 is 0 Å². The molecule has 1 aromatic rings. The second kappa shape index (κ2) is 9.16. The maximum atomic E-state index is 13.0. The van der Waals surface area contributed by atoms with Crippen molar-refractivity contribution in [2.24, 2.45) is 10.8 Å². The van der Waals surface area contributed by atoms with Crippen molar-refractivity contribution in [3.8, 4) is 0 Å². The molecule has 0 bridgehead atoms. The molecule has 4 nitrogen and oxygen atoms in total. The number of hydrogen-bond acceptors (Lipinski definition) is 4. The highest BCUT2D eigenvalue weighted by molar-refractivity contribution is 5.93. The molecule has 130 valence electrons. The van der Waals surface area contributed by atoms with E-state index in [-0.39, 0.29) is 12.4 Å². The normalized spacial score (nSPS) is 22.6. The van der Waals surface area contributed by atoms with Crippen molar-refractivity contribution in [1.29, 1.82) is 0 Å². The molecule has 1 aromatic carbocycles. The van der Waals surface area contributed by atoms with Crippen LogP contribution in [-0.2, 0) is 20.7 Å². The van der Waals surface area contributed by atoms with Crippen LogP contribution in [0.25, 0.3) is 0 Å². The summed E-state index contributed by atoms with van der Waals surface area (Å²) in [4.78, 5) is 13.0. The SMILES string of the molecule is CC.COCC1(COC)CCC(CO)(Cc2ccccc2)C1=O. The number of methoxy groups -OCH3 is 2. The van der Waals surface area contributed by atoms with Crippen molar-refractivity contribution in [3.63, 3.8) is 0 Å². The molecule has 1 fully saturated rings. The number of carbonyl (C=O) groups excluding carboxylic acids is 1. The zero-order valence-corrected chi connectivity index (χ0v) is 14.8. The average molecular weight is 322 g/mol. The molecule has 4 heteroatoms. The molecule has 0 radical (unpaired) electrons. The fourth-order valence-electron chi connectivity index (χ4n) is 3.50. The summed E-state index contributed by atoms with van der Waals surface area (Å²) in [5.74, 6) is 0.0741. The molecule has 0 saturated heterocycles. The van der Waals surface area contributed by atoms with Gasteiger partial charge in [-0.2, -0.15) is 0 Å². The van der Waals surface area contributed by atoms with Crippen LogP contribution in [0.4, 0.5) is 0 Å². The van der Waals surface area contributed by atoms with E-state index < -0.39 is 10.8 Å². The Balaban J connectivity index is 0.00000127. The van der Waals surface area contributed by atoms with Crippen LogP contribution in [-0.4, -0.2) is 44.9 Å². The molecular weight excluding hydrogens is 292 g/mol. The van der Waals surface area contributed by atoms with Gasteiger partial charge in [0.1, 0.15) is 0 Å². The number of rotatable bonds is 7. The Morgan fingerprint density at radius 3 is 2.00 bits per heavy atom. The molecule has 0 aromatic heterocycles. The molecule has 2 rings (SSSR count). The first-order valence-corrected chi connectivity index (χ1v) is 8.30. The van der Waals surface area contributed by atoms with Crippen LogP contribution in [0.5, 0.6) is 0 Å². The van der Waals surface area contributed by atoms with Crippen molar-refractivity contribution in [1.82, 2.24) is 0 Å². The lowest BCUT2D eigenvalue weighted by Crippen LogP contribution is -2.44. The van der Waals surface area contributed by atoms with Gasteiger partial charge in [-0.1, -0.05) is 44.2 Å². The first-order valence-electron chi connectivity index (χ1n) is 8.30. The van der Waals surface area contributed by atoms with Gasteiger partial charge in [-0.3, -0.25) is 4.79 Å². The van der Waals surface area contributed by atoms with Gasteiger partial charge >= 0.3 is 0 Å². The Hall–Kier alpha value is -1.23. The first kappa shape index (κ1) is 19.8. The highest BCUT2D eigenvalue weighted by atomic mass is 16.5. The lowest BCUT2D eigenvalue weighted by molar-refractivity contribution is -0.141. The van der Waals surface area contributed by atoms with Gasteiger partial charge < -0.3 is 14.6 Å². The summed E-state index contributed by atoms with van der Waals surface area (Å²) in [6.07, 6.45) is 1.93. The summed E-state index contributed by atoms with van der Waals surface area (Å²) in [6, 6.07) is 9.86. The van der Waals surface area contributed by atoms with Gasteiger partial charge in [-0.15, -0.1) is 0 Å². The Morgan fingerprint density at radius 2 is 1.52 bits per heavy atom. The fraction of sp³-hybridized carbons (Fsp3) is 0.632. The summed E-state index contributed by atoms with van der Waals surface area (Å²) >= 11 is 0.